The normalized spacial score (nSPS) is 16.0. The Balaban J connectivity index is 1.70. The molecule has 0 aromatic heterocycles. The molecular weight excluding hydrogens is 396 g/mol. The summed E-state index contributed by atoms with van der Waals surface area (Å²) in [5, 5.41) is 10.7. The lowest BCUT2D eigenvalue weighted by Gasteiger charge is -2.16. The number of carboxylic acid groups (broad SMARTS) is 1. The summed E-state index contributed by atoms with van der Waals surface area (Å²) >= 11 is 0.790. The molecule has 1 atom stereocenters. The Kier molecular flexibility index (Phi) is 6.18. The Morgan fingerprint density at radius 3 is 2.48 bits per heavy atom. The van der Waals surface area contributed by atoms with Crippen LogP contribution in [-0.4, -0.2) is 45.1 Å². The number of aromatic carboxylic acids is 1. The molecule has 1 aliphatic rings. The van der Waals surface area contributed by atoms with E-state index >= 15 is 0 Å². The number of anilines is 1. The fourth-order valence-corrected chi connectivity index (χ4v) is 3.66. The van der Waals surface area contributed by atoms with E-state index in [9.17, 15) is 24.3 Å². The molecule has 1 saturated heterocycles. The van der Waals surface area contributed by atoms with Crippen LogP contribution in [0.4, 0.5) is 10.5 Å². The van der Waals surface area contributed by atoms with Gasteiger partial charge in [-0.25, -0.2) is 9.59 Å². The maximum absolute atomic E-state index is 12.7. The Morgan fingerprint density at radius 1 is 1.14 bits per heavy atom. The van der Waals surface area contributed by atoms with Crippen LogP contribution >= 0.6 is 11.8 Å². The summed E-state index contributed by atoms with van der Waals surface area (Å²) in [6.45, 7) is 2.04. The minimum absolute atomic E-state index is 0.0151. The molecule has 2 aromatic rings. The van der Waals surface area contributed by atoms with Crippen molar-refractivity contribution in [2.45, 2.75) is 18.8 Å². The molecule has 0 radical (unpaired) electrons. The standard InChI is InChI=1S/C20H18N2O6S/c1-2-28-19(26)13-9-7-12(8-10-13)11-22-17(23)16(29-20(22)27)21-15-6-4-3-5-14(15)18(24)25/h3-10,16,21H,2,11H2,1H3,(H,24,25). The van der Waals surface area contributed by atoms with Gasteiger partial charge in [0.05, 0.1) is 24.3 Å². The molecule has 8 nitrogen and oxygen atoms in total. The predicted octanol–water partition coefficient (Wildman–Crippen LogP) is 3.20. The lowest BCUT2D eigenvalue weighted by molar-refractivity contribution is -0.126. The second kappa shape index (κ2) is 8.78. The summed E-state index contributed by atoms with van der Waals surface area (Å²) in [7, 11) is 0. The van der Waals surface area contributed by atoms with E-state index < -0.39 is 28.5 Å². The largest absolute Gasteiger partial charge is 0.478 e. The summed E-state index contributed by atoms with van der Waals surface area (Å²) in [6.07, 6.45) is 0. The molecule has 1 aliphatic heterocycles. The number of imide groups is 1. The number of nitrogens with zero attached hydrogens (tertiary/aromatic N) is 1. The first-order valence-corrected chi connectivity index (χ1v) is 9.65. The van der Waals surface area contributed by atoms with Crippen LogP contribution in [-0.2, 0) is 16.1 Å². The van der Waals surface area contributed by atoms with E-state index in [4.69, 9.17) is 4.74 Å². The van der Waals surface area contributed by atoms with Crippen molar-refractivity contribution in [2.24, 2.45) is 0 Å². The predicted molar refractivity (Wildman–Crippen MR) is 107 cm³/mol. The maximum Gasteiger partial charge on any atom is 0.338 e. The number of hydrogen-bond donors (Lipinski definition) is 2. The van der Waals surface area contributed by atoms with Crippen LogP contribution in [0.5, 0.6) is 0 Å². The van der Waals surface area contributed by atoms with Gasteiger partial charge in [-0.3, -0.25) is 14.5 Å². The fourth-order valence-electron chi connectivity index (χ4n) is 2.76. The van der Waals surface area contributed by atoms with Crippen molar-refractivity contribution in [1.82, 2.24) is 4.90 Å². The first-order chi connectivity index (χ1) is 13.9. The highest BCUT2D eigenvalue weighted by Gasteiger charge is 2.40. The SMILES string of the molecule is CCOC(=O)c1ccc(CN2C(=O)SC(Nc3ccccc3C(=O)O)C2=O)cc1. The molecule has 3 rings (SSSR count). The third-order valence-corrected chi connectivity index (χ3v) is 5.16. The molecule has 2 N–H and O–H groups in total. The number of nitrogens with one attached hydrogen (secondary N) is 1. The van der Waals surface area contributed by atoms with Crippen LogP contribution in [0.2, 0.25) is 0 Å². The molecule has 9 heteroatoms. The van der Waals surface area contributed by atoms with Gasteiger partial charge in [0, 0.05) is 5.69 Å². The van der Waals surface area contributed by atoms with Crippen molar-refractivity contribution in [3.63, 3.8) is 0 Å². The monoisotopic (exact) mass is 414 g/mol. The molecule has 0 saturated carbocycles. The van der Waals surface area contributed by atoms with E-state index in [1.807, 2.05) is 0 Å². The topological polar surface area (TPSA) is 113 Å². The van der Waals surface area contributed by atoms with Crippen LogP contribution in [0.15, 0.2) is 48.5 Å². The minimum atomic E-state index is -1.13. The molecular formula is C20H18N2O6S. The number of ether oxygens (including phenoxy) is 1. The summed E-state index contributed by atoms with van der Waals surface area (Å²) in [4.78, 5) is 49.1. The van der Waals surface area contributed by atoms with Gasteiger partial charge in [-0.1, -0.05) is 24.3 Å². The van der Waals surface area contributed by atoms with Gasteiger partial charge in [-0.2, -0.15) is 0 Å². The summed E-state index contributed by atoms with van der Waals surface area (Å²) < 4.78 is 4.92. The van der Waals surface area contributed by atoms with Crippen LogP contribution in [0, 0.1) is 0 Å². The molecule has 0 spiro atoms. The van der Waals surface area contributed by atoms with Gasteiger partial charge in [0.25, 0.3) is 11.1 Å². The number of carbonyl (C=O) groups is 4. The average Bonchev–Trinajstić information content (AvgIpc) is 2.96. The smallest absolute Gasteiger partial charge is 0.338 e. The number of esters is 1. The highest BCUT2D eigenvalue weighted by atomic mass is 32.2. The molecule has 2 amide bonds. The number of thioether (sulfide) groups is 1. The first kappa shape index (κ1) is 20.4. The second-order valence-electron chi connectivity index (χ2n) is 6.10. The van der Waals surface area contributed by atoms with E-state index in [0.717, 1.165) is 16.7 Å². The fraction of sp³-hybridized carbons (Fsp3) is 0.200. The molecule has 0 bridgehead atoms. The van der Waals surface area contributed by atoms with Gasteiger partial charge in [0.2, 0.25) is 0 Å². The van der Waals surface area contributed by atoms with E-state index in [1.165, 1.54) is 6.07 Å². The zero-order chi connectivity index (χ0) is 21.0. The average molecular weight is 414 g/mol. The number of para-hydroxylation sites is 1. The van der Waals surface area contributed by atoms with E-state index in [1.54, 1.807) is 49.4 Å². The van der Waals surface area contributed by atoms with Crippen molar-refractivity contribution >= 4 is 40.5 Å². The minimum Gasteiger partial charge on any atom is -0.478 e. The summed E-state index contributed by atoms with van der Waals surface area (Å²) in [5.74, 6) is -2.03. The van der Waals surface area contributed by atoms with Gasteiger partial charge in [0.1, 0.15) is 0 Å². The van der Waals surface area contributed by atoms with Gasteiger partial charge < -0.3 is 15.2 Å². The Bertz CT molecular complexity index is 960. The summed E-state index contributed by atoms with van der Waals surface area (Å²) in [6, 6.07) is 12.6. The molecule has 1 heterocycles. The Hall–Kier alpha value is -3.33. The van der Waals surface area contributed by atoms with Crippen molar-refractivity contribution in [3.8, 4) is 0 Å². The molecule has 150 valence electrons. The Labute approximate surface area is 170 Å². The lowest BCUT2D eigenvalue weighted by Crippen LogP contribution is -2.34. The van der Waals surface area contributed by atoms with Crippen molar-refractivity contribution in [2.75, 3.05) is 11.9 Å². The van der Waals surface area contributed by atoms with Crippen molar-refractivity contribution < 1.29 is 29.0 Å². The van der Waals surface area contributed by atoms with Gasteiger partial charge >= 0.3 is 11.9 Å². The quantitative estimate of drug-likeness (QED) is 0.664. The van der Waals surface area contributed by atoms with E-state index in [2.05, 4.69) is 5.32 Å². The van der Waals surface area contributed by atoms with Crippen LogP contribution in [0.1, 0.15) is 33.2 Å². The van der Waals surface area contributed by atoms with Gasteiger partial charge in [0.15, 0.2) is 5.37 Å². The number of benzene rings is 2. The molecule has 1 unspecified atom stereocenters. The third-order valence-electron chi connectivity index (χ3n) is 4.18. The molecule has 29 heavy (non-hydrogen) atoms. The maximum atomic E-state index is 12.7. The van der Waals surface area contributed by atoms with Crippen LogP contribution < -0.4 is 5.32 Å². The zero-order valence-corrected chi connectivity index (χ0v) is 16.3. The number of hydrogen-bond acceptors (Lipinski definition) is 7. The number of rotatable bonds is 7. The molecule has 0 aliphatic carbocycles. The highest BCUT2D eigenvalue weighted by Crippen LogP contribution is 2.30. The first-order valence-electron chi connectivity index (χ1n) is 8.77. The van der Waals surface area contributed by atoms with Crippen LogP contribution in [0.3, 0.4) is 0 Å². The van der Waals surface area contributed by atoms with Gasteiger partial charge in [-0.05, 0) is 48.5 Å². The highest BCUT2D eigenvalue weighted by molar-refractivity contribution is 8.15. The molecule has 2 aromatic carbocycles. The third kappa shape index (κ3) is 4.57. The second-order valence-corrected chi connectivity index (χ2v) is 7.16. The van der Waals surface area contributed by atoms with Crippen molar-refractivity contribution in [3.05, 3.63) is 65.2 Å². The number of amides is 2. The Morgan fingerprint density at radius 2 is 1.83 bits per heavy atom. The number of carboxylic acids is 1. The zero-order valence-electron chi connectivity index (χ0n) is 15.5. The van der Waals surface area contributed by atoms with Crippen LogP contribution in [0.25, 0.3) is 0 Å². The van der Waals surface area contributed by atoms with E-state index in [0.29, 0.717) is 11.1 Å². The molecule has 1 fully saturated rings. The van der Waals surface area contributed by atoms with Crippen molar-refractivity contribution in [1.29, 1.82) is 0 Å². The number of carbonyl (C=O) groups excluding carboxylic acids is 3. The van der Waals surface area contributed by atoms with E-state index in [-0.39, 0.29) is 24.4 Å². The van der Waals surface area contributed by atoms with Gasteiger partial charge in [-0.15, -0.1) is 0 Å². The summed E-state index contributed by atoms with van der Waals surface area (Å²) in [5.41, 5.74) is 1.33. The lowest BCUT2D eigenvalue weighted by atomic mass is 10.1.